The molecule has 0 radical (unpaired) electrons. The molecule has 1 saturated carbocycles. The minimum Gasteiger partial charge on any atom is -0.316 e. The second-order valence-electron chi connectivity index (χ2n) is 5.82. The summed E-state index contributed by atoms with van der Waals surface area (Å²) in [5, 5.41) is 3.08. The Bertz CT molecular complexity index is 592. The Hall–Kier alpha value is -0.910. The summed E-state index contributed by atoms with van der Waals surface area (Å²) in [6, 6.07) is 3.76. The van der Waals surface area contributed by atoms with Crippen LogP contribution in [0.25, 0.3) is 0 Å². The van der Waals surface area contributed by atoms with Crippen LogP contribution in [0.15, 0.2) is 17.0 Å². The van der Waals surface area contributed by atoms with Gasteiger partial charge >= 0.3 is 0 Å². The van der Waals surface area contributed by atoms with E-state index in [0.29, 0.717) is 17.4 Å². The smallest absolute Gasteiger partial charge is 0.241 e. The van der Waals surface area contributed by atoms with Crippen LogP contribution in [0.5, 0.6) is 0 Å². The Morgan fingerprint density at radius 2 is 1.90 bits per heavy atom. The fourth-order valence-electron chi connectivity index (χ4n) is 2.55. The summed E-state index contributed by atoms with van der Waals surface area (Å²) in [5.41, 5.74) is 2.95. The third kappa shape index (κ3) is 3.40. The fourth-order valence-corrected chi connectivity index (χ4v) is 4.13. The normalized spacial score (nSPS) is 17.2. The topological polar surface area (TPSA) is 58.2 Å². The van der Waals surface area contributed by atoms with Crippen molar-refractivity contribution in [2.24, 2.45) is 5.92 Å². The van der Waals surface area contributed by atoms with Crippen LogP contribution in [0.2, 0.25) is 0 Å². The largest absolute Gasteiger partial charge is 0.316 e. The van der Waals surface area contributed by atoms with Gasteiger partial charge in [-0.05, 0) is 69.3 Å². The molecular formula is C15H24N2O2S. The summed E-state index contributed by atoms with van der Waals surface area (Å²) in [6.45, 7) is 6.49. The lowest BCUT2D eigenvalue weighted by molar-refractivity contribution is 0.537. The van der Waals surface area contributed by atoms with Gasteiger partial charge in [0.2, 0.25) is 10.0 Å². The quantitative estimate of drug-likeness (QED) is 0.845. The first-order valence-corrected chi connectivity index (χ1v) is 8.60. The van der Waals surface area contributed by atoms with E-state index in [2.05, 4.69) is 10.0 Å². The minimum atomic E-state index is -3.43. The first-order valence-electron chi connectivity index (χ1n) is 7.12. The van der Waals surface area contributed by atoms with Gasteiger partial charge < -0.3 is 5.32 Å². The van der Waals surface area contributed by atoms with Crippen LogP contribution in [0.1, 0.15) is 36.5 Å². The first kappa shape index (κ1) is 15.5. The zero-order valence-corrected chi connectivity index (χ0v) is 13.5. The molecule has 1 fully saturated rings. The van der Waals surface area contributed by atoms with Crippen LogP contribution in [0.4, 0.5) is 0 Å². The Morgan fingerprint density at radius 3 is 2.45 bits per heavy atom. The van der Waals surface area contributed by atoms with Gasteiger partial charge in [-0.3, -0.25) is 0 Å². The number of hydrogen-bond acceptors (Lipinski definition) is 3. The molecule has 2 rings (SSSR count). The standard InChI is InChI=1S/C15H24N2O2S/c1-10-7-11(2)15(8-14(10)9-16-4)20(18,19)17-12(3)13-5-6-13/h7-8,12-13,16-17H,5-6,9H2,1-4H3. The first-order chi connectivity index (χ1) is 9.35. The molecule has 1 aliphatic carbocycles. The Labute approximate surface area is 122 Å². The van der Waals surface area contributed by atoms with Crippen LogP contribution in [-0.2, 0) is 16.6 Å². The molecule has 20 heavy (non-hydrogen) atoms. The highest BCUT2D eigenvalue weighted by Gasteiger charge is 2.31. The van der Waals surface area contributed by atoms with E-state index < -0.39 is 10.0 Å². The van der Waals surface area contributed by atoms with Crippen LogP contribution in [-0.4, -0.2) is 21.5 Å². The maximum Gasteiger partial charge on any atom is 0.241 e. The second-order valence-corrected chi connectivity index (χ2v) is 7.50. The van der Waals surface area contributed by atoms with Crippen molar-refractivity contribution < 1.29 is 8.42 Å². The van der Waals surface area contributed by atoms with Gasteiger partial charge in [0, 0.05) is 12.6 Å². The van der Waals surface area contributed by atoms with Crippen molar-refractivity contribution in [3.8, 4) is 0 Å². The molecule has 0 heterocycles. The SMILES string of the molecule is CNCc1cc(S(=O)(=O)NC(C)C2CC2)c(C)cc1C. The molecule has 0 spiro atoms. The molecule has 1 atom stereocenters. The fraction of sp³-hybridized carbons (Fsp3) is 0.600. The minimum absolute atomic E-state index is 0.0217. The lowest BCUT2D eigenvalue weighted by Gasteiger charge is -2.17. The summed E-state index contributed by atoms with van der Waals surface area (Å²) < 4.78 is 27.9. The van der Waals surface area contributed by atoms with Gasteiger partial charge in [0.05, 0.1) is 4.90 Å². The van der Waals surface area contributed by atoms with Gasteiger partial charge in [-0.2, -0.15) is 0 Å². The van der Waals surface area contributed by atoms with Crippen LogP contribution in [0.3, 0.4) is 0 Å². The van der Waals surface area contributed by atoms with Crippen molar-refractivity contribution in [1.82, 2.24) is 10.0 Å². The van der Waals surface area contributed by atoms with Gasteiger partial charge in [0.25, 0.3) is 0 Å². The van der Waals surface area contributed by atoms with Crippen LogP contribution in [0, 0.1) is 19.8 Å². The van der Waals surface area contributed by atoms with E-state index in [1.54, 1.807) is 6.07 Å². The zero-order chi connectivity index (χ0) is 14.9. The third-order valence-corrected chi connectivity index (χ3v) is 5.66. The van der Waals surface area contributed by atoms with Crippen molar-refractivity contribution in [2.45, 2.75) is 51.1 Å². The molecule has 5 heteroatoms. The molecule has 0 aliphatic heterocycles. The van der Waals surface area contributed by atoms with Gasteiger partial charge in [-0.25, -0.2) is 13.1 Å². The molecule has 4 nitrogen and oxygen atoms in total. The molecule has 0 amide bonds. The maximum atomic E-state index is 12.5. The number of aryl methyl sites for hydroxylation is 2. The molecule has 1 unspecified atom stereocenters. The van der Waals surface area contributed by atoms with Gasteiger partial charge in [-0.1, -0.05) is 6.07 Å². The molecule has 0 bridgehead atoms. The monoisotopic (exact) mass is 296 g/mol. The highest BCUT2D eigenvalue weighted by Crippen LogP contribution is 2.33. The molecule has 1 aliphatic rings. The van der Waals surface area contributed by atoms with E-state index in [1.165, 1.54) is 0 Å². The lowest BCUT2D eigenvalue weighted by atomic mass is 10.1. The molecule has 0 saturated heterocycles. The summed E-state index contributed by atoms with van der Waals surface area (Å²) >= 11 is 0. The summed E-state index contributed by atoms with van der Waals surface area (Å²) in [6.07, 6.45) is 2.25. The third-order valence-electron chi connectivity index (χ3n) is 3.96. The number of hydrogen-bond donors (Lipinski definition) is 2. The summed E-state index contributed by atoms with van der Waals surface area (Å²) in [5.74, 6) is 0.507. The molecule has 112 valence electrons. The Kier molecular flexibility index (Phi) is 4.52. The number of sulfonamides is 1. The molecule has 2 N–H and O–H groups in total. The van der Waals surface area contributed by atoms with E-state index in [4.69, 9.17) is 0 Å². The molecule has 1 aromatic carbocycles. The predicted molar refractivity (Wildman–Crippen MR) is 81.2 cm³/mol. The van der Waals surface area contributed by atoms with E-state index in [9.17, 15) is 8.42 Å². The molecule has 1 aromatic rings. The van der Waals surface area contributed by atoms with E-state index >= 15 is 0 Å². The summed E-state index contributed by atoms with van der Waals surface area (Å²) in [4.78, 5) is 0.404. The van der Waals surface area contributed by atoms with E-state index in [-0.39, 0.29) is 6.04 Å². The van der Waals surface area contributed by atoms with Crippen molar-refractivity contribution in [2.75, 3.05) is 7.05 Å². The molecular weight excluding hydrogens is 272 g/mol. The van der Waals surface area contributed by atoms with Gasteiger partial charge in [0.1, 0.15) is 0 Å². The van der Waals surface area contributed by atoms with Crippen molar-refractivity contribution in [3.05, 3.63) is 28.8 Å². The average molecular weight is 296 g/mol. The molecule has 0 aromatic heterocycles. The number of benzene rings is 1. The van der Waals surface area contributed by atoms with Crippen molar-refractivity contribution in [1.29, 1.82) is 0 Å². The second kappa shape index (κ2) is 5.84. The maximum absolute atomic E-state index is 12.5. The van der Waals surface area contributed by atoms with Crippen molar-refractivity contribution >= 4 is 10.0 Å². The van der Waals surface area contributed by atoms with E-state index in [0.717, 1.165) is 29.5 Å². The number of nitrogens with one attached hydrogen (secondary N) is 2. The van der Waals surface area contributed by atoms with Crippen molar-refractivity contribution in [3.63, 3.8) is 0 Å². The van der Waals surface area contributed by atoms with Crippen LogP contribution >= 0.6 is 0 Å². The van der Waals surface area contributed by atoms with Crippen LogP contribution < -0.4 is 10.0 Å². The zero-order valence-electron chi connectivity index (χ0n) is 12.7. The lowest BCUT2D eigenvalue weighted by Crippen LogP contribution is -2.34. The van der Waals surface area contributed by atoms with Gasteiger partial charge in [0.15, 0.2) is 0 Å². The Balaban J connectivity index is 2.32. The predicted octanol–water partition coefficient (Wildman–Crippen LogP) is 2.10. The highest BCUT2D eigenvalue weighted by molar-refractivity contribution is 7.89. The van der Waals surface area contributed by atoms with E-state index in [1.807, 2.05) is 33.9 Å². The Morgan fingerprint density at radius 1 is 1.25 bits per heavy atom. The average Bonchev–Trinajstić information content (AvgIpc) is 3.15. The summed E-state index contributed by atoms with van der Waals surface area (Å²) in [7, 11) is -1.57. The van der Waals surface area contributed by atoms with Gasteiger partial charge in [-0.15, -0.1) is 0 Å². The number of rotatable bonds is 6. The highest BCUT2D eigenvalue weighted by atomic mass is 32.2.